The Morgan fingerprint density at radius 2 is 1.63 bits per heavy atom. The molecule has 0 spiro atoms. The van der Waals surface area contributed by atoms with Crippen LogP contribution in [0.5, 0.6) is 5.75 Å². The maximum atomic E-state index is 12.6. The van der Waals surface area contributed by atoms with Crippen LogP contribution in [0.4, 0.5) is 30.6 Å². The summed E-state index contributed by atoms with van der Waals surface area (Å²) < 4.78 is 42.0. The molecule has 0 aliphatic heterocycles. The molecule has 1 saturated carbocycles. The van der Waals surface area contributed by atoms with Crippen molar-refractivity contribution in [3.8, 4) is 5.75 Å². The number of halogens is 3. The molecule has 1 aliphatic rings. The zero-order valence-electron chi connectivity index (χ0n) is 19.4. The summed E-state index contributed by atoms with van der Waals surface area (Å²) >= 11 is 5.34. The number of nitrogens with zero attached hydrogens (tertiary/aromatic N) is 3. The van der Waals surface area contributed by atoms with Crippen LogP contribution in [0.25, 0.3) is 10.9 Å². The van der Waals surface area contributed by atoms with Crippen molar-refractivity contribution in [2.24, 2.45) is 0 Å². The van der Waals surface area contributed by atoms with E-state index in [0.29, 0.717) is 5.95 Å². The molecular weight excluding hydrogens is 477 g/mol. The average molecular weight is 505 g/mol. The number of alkyl halides is 3. The van der Waals surface area contributed by atoms with Gasteiger partial charge < -0.3 is 25.6 Å². The Kier molecular flexibility index (Phi) is 7.44. The number of benzene rings is 2. The second-order valence-electron chi connectivity index (χ2n) is 8.62. The number of hydrogen-bond acceptors (Lipinski definition) is 6. The lowest BCUT2D eigenvalue weighted by atomic mass is 9.91. The first-order valence-electron chi connectivity index (χ1n) is 11.3. The summed E-state index contributed by atoms with van der Waals surface area (Å²) in [5.41, 5.74) is 1.04. The minimum absolute atomic E-state index is 0.110. The van der Waals surface area contributed by atoms with Gasteiger partial charge in [-0.05, 0) is 62.2 Å². The molecule has 1 heterocycles. The molecule has 0 amide bonds. The molecule has 0 radical (unpaired) electrons. The van der Waals surface area contributed by atoms with Gasteiger partial charge in [-0.25, -0.2) is 4.98 Å². The van der Waals surface area contributed by atoms with E-state index in [9.17, 15) is 13.2 Å². The second-order valence-corrected chi connectivity index (χ2v) is 9.03. The lowest BCUT2D eigenvalue weighted by molar-refractivity contribution is -0.274. The number of ether oxygens (including phenoxy) is 1. The average Bonchev–Trinajstić information content (AvgIpc) is 2.80. The molecule has 1 fully saturated rings. The smallest absolute Gasteiger partial charge is 0.404 e. The first-order chi connectivity index (χ1) is 16.7. The highest BCUT2D eigenvalue weighted by Crippen LogP contribution is 2.30. The van der Waals surface area contributed by atoms with Gasteiger partial charge >= 0.3 is 6.36 Å². The van der Waals surface area contributed by atoms with E-state index >= 15 is 0 Å². The van der Waals surface area contributed by atoms with Crippen LogP contribution in [-0.4, -0.2) is 47.6 Å². The van der Waals surface area contributed by atoms with Crippen molar-refractivity contribution in [3.05, 3.63) is 48.5 Å². The van der Waals surface area contributed by atoms with Gasteiger partial charge in [-0.3, -0.25) is 0 Å². The summed E-state index contributed by atoms with van der Waals surface area (Å²) in [5, 5.41) is 10.7. The molecule has 0 bridgehead atoms. The number of nitrogens with one attached hydrogen (secondary N) is 3. The third-order valence-electron chi connectivity index (χ3n) is 5.76. The van der Waals surface area contributed by atoms with E-state index in [2.05, 4.69) is 25.7 Å². The lowest BCUT2D eigenvalue weighted by Crippen LogP contribution is -2.42. The van der Waals surface area contributed by atoms with E-state index in [1.54, 1.807) is 6.07 Å². The third kappa shape index (κ3) is 6.62. The Morgan fingerprint density at radius 1 is 0.971 bits per heavy atom. The molecule has 0 atom stereocenters. The van der Waals surface area contributed by atoms with E-state index in [1.165, 1.54) is 18.2 Å². The Balaban J connectivity index is 1.32. The number of para-hydroxylation sites is 3. The first kappa shape index (κ1) is 24.8. The van der Waals surface area contributed by atoms with E-state index in [1.807, 2.05) is 43.3 Å². The van der Waals surface area contributed by atoms with Crippen molar-refractivity contribution in [1.29, 1.82) is 0 Å². The molecule has 0 unspecified atom stereocenters. The van der Waals surface area contributed by atoms with E-state index in [-0.39, 0.29) is 28.6 Å². The SMILES string of the molecule is CN(C)c1nc(NC2CCC(NC(=S)Nc3ccccc3OC(F)(F)F)CC2)nc2ccccc12. The highest BCUT2D eigenvalue weighted by molar-refractivity contribution is 7.80. The van der Waals surface area contributed by atoms with Crippen LogP contribution >= 0.6 is 12.2 Å². The highest BCUT2D eigenvalue weighted by atomic mass is 32.1. The minimum atomic E-state index is -4.78. The predicted molar refractivity (Wildman–Crippen MR) is 136 cm³/mol. The van der Waals surface area contributed by atoms with Crippen LogP contribution in [0.1, 0.15) is 25.7 Å². The van der Waals surface area contributed by atoms with E-state index < -0.39 is 6.36 Å². The number of rotatable bonds is 6. The maximum absolute atomic E-state index is 12.6. The van der Waals surface area contributed by atoms with Gasteiger partial charge in [-0.1, -0.05) is 24.3 Å². The fraction of sp³-hybridized carbons (Fsp3) is 0.375. The molecular formula is C24H27F3N6OS. The molecule has 7 nitrogen and oxygen atoms in total. The summed E-state index contributed by atoms with van der Waals surface area (Å²) in [5.74, 6) is 1.13. The largest absolute Gasteiger partial charge is 0.573 e. The normalized spacial score (nSPS) is 18.1. The summed E-state index contributed by atoms with van der Waals surface area (Å²) in [7, 11) is 3.92. The van der Waals surface area contributed by atoms with Gasteiger partial charge in [0.15, 0.2) is 10.9 Å². The Morgan fingerprint density at radius 3 is 2.34 bits per heavy atom. The highest BCUT2D eigenvalue weighted by Gasteiger charge is 2.32. The van der Waals surface area contributed by atoms with Crippen molar-refractivity contribution in [3.63, 3.8) is 0 Å². The molecule has 3 N–H and O–H groups in total. The second kappa shape index (κ2) is 10.5. The van der Waals surface area contributed by atoms with Crippen LogP contribution in [0.3, 0.4) is 0 Å². The summed E-state index contributed by atoms with van der Waals surface area (Å²) in [6.45, 7) is 0. The quantitative estimate of drug-likeness (QED) is 0.391. The third-order valence-corrected chi connectivity index (χ3v) is 5.98. The van der Waals surface area contributed by atoms with Crippen molar-refractivity contribution in [1.82, 2.24) is 15.3 Å². The van der Waals surface area contributed by atoms with Gasteiger partial charge in [0.05, 0.1) is 11.2 Å². The Labute approximate surface area is 207 Å². The van der Waals surface area contributed by atoms with Gasteiger partial charge in [-0.2, -0.15) is 4.98 Å². The van der Waals surface area contributed by atoms with E-state index in [0.717, 1.165) is 42.4 Å². The van der Waals surface area contributed by atoms with E-state index in [4.69, 9.17) is 17.2 Å². The molecule has 1 aliphatic carbocycles. The van der Waals surface area contributed by atoms with Crippen molar-refractivity contribution in [2.45, 2.75) is 44.1 Å². The zero-order chi connectivity index (χ0) is 25.0. The fourth-order valence-electron chi connectivity index (χ4n) is 4.16. The molecule has 1 aromatic heterocycles. The number of anilines is 3. The van der Waals surface area contributed by atoms with Gasteiger partial charge in [0.1, 0.15) is 5.82 Å². The van der Waals surface area contributed by atoms with Crippen molar-refractivity contribution < 1.29 is 17.9 Å². The van der Waals surface area contributed by atoms with Gasteiger partial charge in [0, 0.05) is 31.6 Å². The van der Waals surface area contributed by atoms with Crippen LogP contribution in [0, 0.1) is 0 Å². The van der Waals surface area contributed by atoms with Crippen LogP contribution in [0.15, 0.2) is 48.5 Å². The van der Waals surface area contributed by atoms with Crippen LogP contribution in [0.2, 0.25) is 0 Å². The first-order valence-corrected chi connectivity index (χ1v) is 11.7. The van der Waals surface area contributed by atoms with Crippen LogP contribution < -0.4 is 25.6 Å². The fourth-order valence-corrected chi connectivity index (χ4v) is 4.43. The number of hydrogen-bond donors (Lipinski definition) is 3. The maximum Gasteiger partial charge on any atom is 0.573 e. The molecule has 11 heteroatoms. The van der Waals surface area contributed by atoms with Crippen molar-refractivity contribution in [2.75, 3.05) is 29.6 Å². The standard InChI is InChI=1S/C24H27F3N6OS/c1-33(2)21-17-7-3-4-8-18(17)30-22(32-21)28-15-11-13-16(14-12-15)29-23(35)31-19-9-5-6-10-20(19)34-24(25,26)27/h3-10,15-16H,11-14H2,1-2H3,(H,28,30,32)(H2,29,31,35). The molecule has 4 rings (SSSR count). The zero-order valence-corrected chi connectivity index (χ0v) is 20.2. The predicted octanol–water partition coefficient (Wildman–Crippen LogP) is 5.30. The van der Waals surface area contributed by atoms with Crippen LogP contribution in [-0.2, 0) is 0 Å². The Bertz CT molecular complexity index is 1180. The van der Waals surface area contributed by atoms with Gasteiger partial charge in [0.2, 0.25) is 5.95 Å². The van der Waals surface area contributed by atoms with Crippen molar-refractivity contribution >= 4 is 45.7 Å². The monoisotopic (exact) mass is 504 g/mol. The number of thiocarbonyl (C=S) groups is 1. The summed E-state index contributed by atoms with van der Waals surface area (Å²) in [6.07, 6.45) is -1.34. The molecule has 35 heavy (non-hydrogen) atoms. The molecule has 186 valence electrons. The molecule has 2 aromatic carbocycles. The van der Waals surface area contributed by atoms with Gasteiger partial charge in [0.25, 0.3) is 0 Å². The number of fused-ring (bicyclic) bond motifs is 1. The lowest BCUT2D eigenvalue weighted by Gasteiger charge is -2.30. The van der Waals surface area contributed by atoms with Gasteiger partial charge in [-0.15, -0.1) is 13.2 Å². The summed E-state index contributed by atoms with van der Waals surface area (Å²) in [4.78, 5) is 11.4. The topological polar surface area (TPSA) is 74.3 Å². The molecule has 0 saturated heterocycles. The summed E-state index contributed by atoms with van der Waals surface area (Å²) in [6, 6.07) is 14.1. The minimum Gasteiger partial charge on any atom is -0.404 e. The number of aromatic nitrogens is 2. The molecule has 3 aromatic rings. The Hall–Kier alpha value is -3.34.